The number of hydrogen-bond donors (Lipinski definition) is 1. The first-order valence-corrected chi connectivity index (χ1v) is 2.63. The van der Waals surface area contributed by atoms with E-state index in [2.05, 4.69) is 0 Å². The summed E-state index contributed by atoms with van der Waals surface area (Å²) in [5.74, 6) is 0. The van der Waals surface area contributed by atoms with Crippen LogP contribution in [0.15, 0.2) is 0 Å². The first-order valence-electron chi connectivity index (χ1n) is 1.30. The molecule has 0 aliphatic heterocycles. The van der Waals surface area contributed by atoms with E-state index in [4.69, 9.17) is 32.5 Å². The Labute approximate surface area is 67.0 Å². The molecule has 0 atom stereocenters. The monoisotopic (exact) mass is 184 g/mol. The van der Waals surface area contributed by atoms with Gasteiger partial charge in [-0.3, -0.25) is 8.42 Å². The van der Waals surface area contributed by atoms with E-state index in [0.717, 1.165) is 0 Å². The van der Waals surface area contributed by atoms with Gasteiger partial charge in [-0.1, -0.05) is 0 Å². The van der Waals surface area contributed by atoms with Gasteiger partial charge in [-0.25, -0.2) is 0 Å². The summed E-state index contributed by atoms with van der Waals surface area (Å²) in [5.41, 5.74) is 0. The number of carboxylic acid groups (broad SMARTS) is 2. The molecule has 0 radical (unpaired) electrons. The van der Waals surface area contributed by atoms with Gasteiger partial charge in [0.25, 0.3) is 0 Å². The Balaban J connectivity index is -0.0000000910. The Kier molecular flexibility index (Phi) is 11.1. The summed E-state index contributed by atoms with van der Waals surface area (Å²) >= 11 is 0. The predicted molar refractivity (Wildman–Crippen MR) is 24.3 cm³/mol. The fourth-order valence-corrected chi connectivity index (χ4v) is 0. The normalized spacial score (nSPS) is 8.20. The van der Waals surface area contributed by atoms with Crippen molar-refractivity contribution in [3.63, 3.8) is 0 Å². The van der Waals surface area contributed by atoms with E-state index in [1.807, 2.05) is 0 Å². The van der Waals surface area contributed by atoms with E-state index in [1.54, 1.807) is 0 Å². The van der Waals surface area contributed by atoms with Crippen LogP contribution in [0.3, 0.4) is 0 Å². The number of hydrogen-bond acceptors (Lipinski definition) is 6. The molecule has 0 aliphatic rings. The summed E-state index contributed by atoms with van der Waals surface area (Å²) in [4.78, 5) is 8.44. The van der Waals surface area contributed by atoms with Crippen molar-refractivity contribution >= 4 is 33.9 Å². The van der Waals surface area contributed by atoms with E-state index in [0.29, 0.717) is 0 Å². The van der Waals surface area contributed by atoms with Gasteiger partial charge in [0.2, 0.25) is 6.16 Å². The zero-order valence-corrected chi connectivity index (χ0v) is 6.35. The maximum Gasteiger partial charge on any atom is 3.00 e. The molecule has 56 valence electrons. The molecule has 0 amide bonds. The molecule has 0 bridgehead atoms. The predicted octanol–water partition coefficient (Wildman–Crippen LogP) is -2.83. The van der Waals surface area contributed by atoms with Crippen molar-refractivity contribution in [2.45, 2.75) is 0 Å². The molecule has 0 saturated carbocycles. The zero-order chi connectivity index (χ0) is 8.08. The maximum absolute atomic E-state index is 8.52. The van der Waals surface area contributed by atoms with E-state index in [1.165, 1.54) is 0 Å². The molecule has 0 aromatic carbocycles. The topological polar surface area (TPSA) is 141 Å². The van der Waals surface area contributed by atoms with Crippen LogP contribution < -0.4 is 5.11 Å². The first-order chi connectivity index (χ1) is 3.73. The molecule has 0 aromatic rings. The summed E-state index contributed by atoms with van der Waals surface area (Å²) in [6.07, 6.45) is -2.08. The first kappa shape index (κ1) is 16.3. The summed E-state index contributed by atoms with van der Waals surface area (Å²) in [7, 11) is -5.17. The Bertz CT molecular complexity index is 156. The van der Waals surface area contributed by atoms with Crippen LogP contribution in [-0.2, 0) is 10.4 Å². The zero-order valence-electron chi connectivity index (χ0n) is 4.38. The molecule has 0 unspecified atom stereocenters. The molecular weight excluding hydrogens is 183 g/mol. The number of carbonyl (C=O) groups is 1. The van der Waals surface area contributed by atoms with Gasteiger partial charge in [0.1, 0.15) is 0 Å². The van der Waals surface area contributed by atoms with E-state index < -0.39 is 16.6 Å². The second-order valence-corrected chi connectivity index (χ2v) is 1.49. The van der Waals surface area contributed by atoms with Crippen LogP contribution in [0, 0.1) is 0 Å². The van der Waals surface area contributed by atoms with Crippen LogP contribution in [0.25, 0.3) is 0 Å². The minimum Gasteiger partial charge on any atom is -0.759 e. The van der Waals surface area contributed by atoms with Crippen molar-refractivity contribution in [1.82, 2.24) is 0 Å². The second-order valence-electron chi connectivity index (χ2n) is 0.674. The fraction of sp³-hybridized carbons (Fsp3) is 0. The van der Waals surface area contributed by atoms with Crippen LogP contribution in [0.1, 0.15) is 0 Å². The van der Waals surface area contributed by atoms with Crippen LogP contribution >= 0.6 is 0 Å². The quantitative estimate of drug-likeness (QED) is 0.243. The van der Waals surface area contributed by atoms with E-state index in [-0.39, 0.29) is 17.4 Å². The standard InChI is InChI=1S/CH2O3.Al.H2O4S/c2-1(3)4;;1-5(2,3)4/h(H2,2,3,4);;(H2,1,2,3,4)/q;+3;/p-3. The Hall–Kier alpha value is -0.328. The van der Waals surface area contributed by atoms with Gasteiger partial charge >= 0.3 is 17.4 Å². The van der Waals surface area contributed by atoms with Crippen molar-refractivity contribution in [3.8, 4) is 0 Å². The van der Waals surface area contributed by atoms with Gasteiger partial charge in [0.05, 0.1) is 0 Å². The van der Waals surface area contributed by atoms with Crippen LogP contribution in [0.2, 0.25) is 0 Å². The smallest absolute Gasteiger partial charge is 0.759 e. The van der Waals surface area contributed by atoms with Gasteiger partial charge in [-0.05, 0) is 0 Å². The summed E-state index contributed by atoms with van der Waals surface area (Å²) < 4.78 is 34.1. The third kappa shape index (κ3) is 3180. The SMILES string of the molecule is O=C([O-])O.O=S(=O)([O-])[O-].[Al+3]. The van der Waals surface area contributed by atoms with Crippen molar-refractivity contribution in [2.75, 3.05) is 0 Å². The largest absolute Gasteiger partial charge is 3.00 e. The summed E-state index contributed by atoms with van der Waals surface area (Å²) in [6.45, 7) is 0. The van der Waals surface area contributed by atoms with Gasteiger partial charge in [0.15, 0.2) is 0 Å². The summed E-state index contributed by atoms with van der Waals surface area (Å²) in [5, 5.41) is 15.3. The minimum absolute atomic E-state index is 0. The molecule has 0 spiro atoms. The average molecular weight is 184 g/mol. The third-order valence-electron chi connectivity index (χ3n) is 0. The van der Waals surface area contributed by atoms with E-state index >= 15 is 0 Å². The maximum atomic E-state index is 8.52. The fourth-order valence-electron chi connectivity index (χ4n) is 0. The Morgan fingerprint density at radius 1 is 1.30 bits per heavy atom. The average Bonchev–Trinajstić information content (AvgIpc) is 1.19. The molecule has 0 aliphatic carbocycles. The van der Waals surface area contributed by atoms with E-state index in [9.17, 15) is 0 Å². The van der Waals surface area contributed by atoms with Crippen molar-refractivity contribution in [1.29, 1.82) is 0 Å². The van der Waals surface area contributed by atoms with Crippen LogP contribution in [0.5, 0.6) is 0 Å². The minimum atomic E-state index is -5.17. The molecule has 0 aromatic heterocycles. The molecule has 9 heteroatoms. The molecule has 0 rings (SSSR count). The van der Waals surface area contributed by atoms with Gasteiger partial charge in [-0.15, -0.1) is 0 Å². The van der Waals surface area contributed by atoms with Crippen LogP contribution in [-0.4, -0.2) is 46.1 Å². The van der Waals surface area contributed by atoms with Crippen molar-refractivity contribution in [2.24, 2.45) is 0 Å². The molecular formula is CHAlO7S. The Morgan fingerprint density at radius 3 is 1.30 bits per heavy atom. The van der Waals surface area contributed by atoms with Gasteiger partial charge in [0, 0.05) is 10.4 Å². The number of rotatable bonds is 0. The van der Waals surface area contributed by atoms with Gasteiger partial charge < -0.3 is 24.1 Å². The van der Waals surface area contributed by atoms with Crippen LogP contribution in [0.4, 0.5) is 4.79 Å². The Morgan fingerprint density at radius 2 is 1.30 bits per heavy atom. The molecule has 1 N–H and O–H groups in total. The summed E-state index contributed by atoms with van der Waals surface area (Å²) in [6, 6.07) is 0. The molecule has 7 nitrogen and oxygen atoms in total. The second kappa shape index (κ2) is 6.79. The van der Waals surface area contributed by atoms with Crippen molar-refractivity contribution in [3.05, 3.63) is 0 Å². The van der Waals surface area contributed by atoms with Gasteiger partial charge in [-0.2, -0.15) is 0 Å². The molecule has 10 heavy (non-hydrogen) atoms. The molecule has 0 heterocycles. The molecule has 0 saturated heterocycles. The van der Waals surface area contributed by atoms with Crippen molar-refractivity contribution < 1.29 is 32.5 Å². The third-order valence-corrected chi connectivity index (χ3v) is 0. The molecule has 0 fully saturated rings.